The fourth-order valence-electron chi connectivity index (χ4n) is 1.56. The molecule has 1 aromatic heterocycles. The standard InChI is InChI=1S/C13H20NO2Si/c1-13(2,3)12(16-17(4)5)11-7-6-10(9-15)8-14-11/h6-9,12H,1-5H3. The highest BCUT2D eigenvalue weighted by Gasteiger charge is 2.29. The van der Waals surface area contributed by atoms with E-state index in [0.717, 1.165) is 12.0 Å². The second-order valence-corrected chi connectivity index (χ2v) is 7.46. The summed E-state index contributed by atoms with van der Waals surface area (Å²) in [6, 6.07) is 3.67. The van der Waals surface area contributed by atoms with Crippen molar-refractivity contribution in [1.29, 1.82) is 0 Å². The molecule has 0 aromatic carbocycles. The number of pyridine rings is 1. The van der Waals surface area contributed by atoms with Crippen molar-refractivity contribution in [3.8, 4) is 0 Å². The van der Waals surface area contributed by atoms with E-state index in [1.165, 1.54) is 0 Å². The van der Waals surface area contributed by atoms with Gasteiger partial charge in [-0.3, -0.25) is 9.78 Å². The van der Waals surface area contributed by atoms with E-state index in [1.807, 2.05) is 6.07 Å². The summed E-state index contributed by atoms with van der Waals surface area (Å²) in [5.74, 6) is 0. The number of aldehydes is 1. The lowest BCUT2D eigenvalue weighted by Gasteiger charge is -2.31. The van der Waals surface area contributed by atoms with Crippen LogP contribution in [0.25, 0.3) is 0 Å². The maximum Gasteiger partial charge on any atom is 0.205 e. The first-order valence-corrected chi connectivity index (χ1v) is 8.13. The van der Waals surface area contributed by atoms with Gasteiger partial charge < -0.3 is 4.43 Å². The lowest BCUT2D eigenvalue weighted by Crippen LogP contribution is -2.26. The Morgan fingerprint density at radius 1 is 1.35 bits per heavy atom. The average molecular weight is 250 g/mol. The van der Waals surface area contributed by atoms with E-state index < -0.39 is 9.04 Å². The van der Waals surface area contributed by atoms with Gasteiger partial charge in [0.25, 0.3) is 0 Å². The first kappa shape index (κ1) is 14.1. The van der Waals surface area contributed by atoms with E-state index in [0.29, 0.717) is 5.56 Å². The molecule has 1 rings (SSSR count). The molecule has 0 saturated heterocycles. The van der Waals surface area contributed by atoms with Crippen LogP contribution in [0.2, 0.25) is 13.1 Å². The predicted octanol–water partition coefficient (Wildman–Crippen LogP) is 3.25. The topological polar surface area (TPSA) is 39.2 Å². The molecule has 3 nitrogen and oxygen atoms in total. The van der Waals surface area contributed by atoms with Crippen molar-refractivity contribution in [2.75, 3.05) is 0 Å². The third-order valence-electron chi connectivity index (χ3n) is 2.35. The summed E-state index contributed by atoms with van der Waals surface area (Å²) in [6.45, 7) is 10.6. The Kier molecular flexibility index (Phi) is 4.59. The first-order valence-electron chi connectivity index (χ1n) is 5.72. The van der Waals surface area contributed by atoms with Crippen LogP contribution in [0.1, 0.15) is 42.9 Å². The zero-order valence-corrected chi connectivity index (χ0v) is 12.2. The Morgan fingerprint density at radius 2 is 2.00 bits per heavy atom. The Morgan fingerprint density at radius 3 is 2.35 bits per heavy atom. The van der Waals surface area contributed by atoms with Crippen LogP contribution in [0.15, 0.2) is 18.3 Å². The predicted molar refractivity (Wildman–Crippen MR) is 70.4 cm³/mol. The van der Waals surface area contributed by atoms with Crippen molar-refractivity contribution < 1.29 is 9.22 Å². The molecule has 0 amide bonds. The number of carbonyl (C=O) groups excluding carboxylic acids is 1. The zero-order chi connectivity index (χ0) is 13.1. The Hall–Kier alpha value is -1.00. The van der Waals surface area contributed by atoms with Crippen LogP contribution in [-0.2, 0) is 4.43 Å². The molecule has 1 radical (unpaired) electrons. The van der Waals surface area contributed by atoms with Crippen LogP contribution in [0, 0.1) is 5.41 Å². The Balaban J connectivity index is 3.00. The van der Waals surface area contributed by atoms with Crippen molar-refractivity contribution in [3.05, 3.63) is 29.6 Å². The van der Waals surface area contributed by atoms with E-state index in [1.54, 1.807) is 12.3 Å². The lowest BCUT2D eigenvalue weighted by atomic mass is 9.87. The van der Waals surface area contributed by atoms with E-state index in [-0.39, 0.29) is 11.5 Å². The van der Waals surface area contributed by atoms with Gasteiger partial charge in [-0.25, -0.2) is 0 Å². The van der Waals surface area contributed by atoms with Gasteiger partial charge in [0, 0.05) is 11.8 Å². The molecule has 1 atom stereocenters. The second-order valence-electron chi connectivity index (χ2n) is 5.41. The quantitative estimate of drug-likeness (QED) is 0.608. The average Bonchev–Trinajstić information content (AvgIpc) is 2.24. The number of aromatic nitrogens is 1. The molecule has 1 heterocycles. The number of hydrogen-bond donors (Lipinski definition) is 0. The molecule has 0 N–H and O–H groups in total. The molecule has 93 valence electrons. The highest BCUT2D eigenvalue weighted by Crippen LogP contribution is 2.35. The van der Waals surface area contributed by atoms with E-state index >= 15 is 0 Å². The highest BCUT2D eigenvalue weighted by molar-refractivity contribution is 6.48. The van der Waals surface area contributed by atoms with Crippen molar-refractivity contribution >= 4 is 15.3 Å². The van der Waals surface area contributed by atoms with Crippen LogP contribution in [-0.4, -0.2) is 20.3 Å². The SMILES string of the molecule is C[Si](C)OC(c1ccc(C=O)cn1)C(C)(C)C. The molecular formula is C13H20NO2Si. The van der Waals surface area contributed by atoms with Crippen molar-refractivity contribution in [1.82, 2.24) is 4.98 Å². The molecule has 0 fully saturated rings. The van der Waals surface area contributed by atoms with E-state index in [4.69, 9.17) is 4.43 Å². The summed E-state index contributed by atoms with van der Waals surface area (Å²) in [6.07, 6.45) is 2.38. The maximum atomic E-state index is 10.6. The third kappa shape index (κ3) is 4.05. The maximum absolute atomic E-state index is 10.6. The van der Waals surface area contributed by atoms with Crippen molar-refractivity contribution in [3.63, 3.8) is 0 Å². The Bertz CT molecular complexity index is 368. The number of nitrogens with zero attached hydrogens (tertiary/aromatic N) is 1. The van der Waals surface area contributed by atoms with Crippen LogP contribution >= 0.6 is 0 Å². The van der Waals surface area contributed by atoms with Crippen LogP contribution < -0.4 is 0 Å². The molecule has 0 aliphatic rings. The summed E-state index contributed by atoms with van der Waals surface area (Å²) in [5, 5.41) is 0. The van der Waals surface area contributed by atoms with Gasteiger partial charge >= 0.3 is 0 Å². The highest BCUT2D eigenvalue weighted by atomic mass is 28.3. The van der Waals surface area contributed by atoms with Crippen LogP contribution in [0.3, 0.4) is 0 Å². The zero-order valence-electron chi connectivity index (χ0n) is 11.2. The van der Waals surface area contributed by atoms with Crippen molar-refractivity contribution in [2.45, 2.75) is 40.0 Å². The van der Waals surface area contributed by atoms with E-state index in [2.05, 4.69) is 38.8 Å². The van der Waals surface area contributed by atoms with Crippen LogP contribution in [0.4, 0.5) is 0 Å². The van der Waals surface area contributed by atoms with Crippen molar-refractivity contribution in [2.24, 2.45) is 5.41 Å². The molecule has 0 aliphatic carbocycles. The normalized spacial score (nSPS) is 13.8. The fourth-order valence-corrected chi connectivity index (χ4v) is 2.50. The van der Waals surface area contributed by atoms with Gasteiger partial charge in [0.2, 0.25) is 9.04 Å². The number of carbonyl (C=O) groups is 1. The van der Waals surface area contributed by atoms with E-state index in [9.17, 15) is 4.79 Å². The summed E-state index contributed by atoms with van der Waals surface area (Å²) >= 11 is 0. The molecule has 0 saturated carbocycles. The van der Waals surface area contributed by atoms with Gasteiger partial charge in [-0.2, -0.15) is 0 Å². The molecule has 0 bridgehead atoms. The molecule has 0 spiro atoms. The summed E-state index contributed by atoms with van der Waals surface area (Å²) in [5.41, 5.74) is 1.49. The van der Waals surface area contributed by atoms with Gasteiger partial charge in [0.1, 0.15) is 0 Å². The van der Waals surface area contributed by atoms with Gasteiger partial charge in [0.05, 0.1) is 11.8 Å². The van der Waals surface area contributed by atoms with Crippen LogP contribution in [0.5, 0.6) is 0 Å². The fraction of sp³-hybridized carbons (Fsp3) is 0.538. The summed E-state index contributed by atoms with van der Waals surface area (Å²) in [4.78, 5) is 14.9. The third-order valence-corrected chi connectivity index (χ3v) is 3.06. The minimum absolute atomic E-state index is 0.00235. The smallest absolute Gasteiger partial charge is 0.205 e. The van der Waals surface area contributed by atoms with Gasteiger partial charge in [0.15, 0.2) is 6.29 Å². The second kappa shape index (κ2) is 5.56. The molecule has 0 aliphatic heterocycles. The molecule has 1 aromatic rings. The summed E-state index contributed by atoms with van der Waals surface area (Å²) in [7, 11) is -0.788. The number of hydrogen-bond acceptors (Lipinski definition) is 3. The minimum Gasteiger partial charge on any atom is -0.408 e. The number of rotatable bonds is 4. The molecule has 1 unspecified atom stereocenters. The minimum atomic E-state index is -0.788. The lowest BCUT2D eigenvalue weighted by molar-refractivity contribution is 0.0827. The van der Waals surface area contributed by atoms with Gasteiger partial charge in [-0.05, 0) is 30.6 Å². The Labute approximate surface area is 105 Å². The monoisotopic (exact) mass is 250 g/mol. The summed E-state index contributed by atoms with van der Waals surface area (Å²) < 4.78 is 6.03. The van der Waals surface area contributed by atoms with Gasteiger partial charge in [-0.1, -0.05) is 20.8 Å². The van der Waals surface area contributed by atoms with Gasteiger partial charge in [-0.15, -0.1) is 0 Å². The first-order chi connectivity index (χ1) is 7.84. The largest absolute Gasteiger partial charge is 0.408 e. The molecule has 4 heteroatoms. The molecule has 17 heavy (non-hydrogen) atoms. The molecular weight excluding hydrogens is 230 g/mol.